The SMILES string of the molecule is COc1c(Nc2cc(C)[nH]n2)nc(Sc2ccc(SCc3cccc(C(C)=O)c3)cc2)nc1N1CCN(CCN(C)C)CC1. The fraction of sp³-hybridized carbons (Fsp3) is 0.375. The van der Waals surface area contributed by atoms with Gasteiger partial charge >= 0.3 is 0 Å². The molecule has 10 nitrogen and oxygen atoms in total. The van der Waals surface area contributed by atoms with E-state index < -0.39 is 0 Å². The van der Waals surface area contributed by atoms with Crippen LogP contribution in [0, 0.1) is 6.92 Å². The number of nitrogens with one attached hydrogen (secondary N) is 2. The number of aromatic amines is 1. The first kappa shape index (κ1) is 31.8. The molecule has 12 heteroatoms. The van der Waals surface area contributed by atoms with Gasteiger partial charge in [-0.25, -0.2) is 9.97 Å². The zero-order chi connectivity index (χ0) is 31.1. The van der Waals surface area contributed by atoms with Crippen LogP contribution in [0.4, 0.5) is 17.5 Å². The highest BCUT2D eigenvalue weighted by Gasteiger charge is 2.25. The van der Waals surface area contributed by atoms with Crippen molar-refractivity contribution in [1.29, 1.82) is 0 Å². The summed E-state index contributed by atoms with van der Waals surface area (Å²) in [4.78, 5) is 30.8. The lowest BCUT2D eigenvalue weighted by Crippen LogP contribution is -2.48. The Morgan fingerprint density at radius 2 is 1.80 bits per heavy atom. The highest BCUT2D eigenvalue weighted by molar-refractivity contribution is 7.99. The molecule has 3 heterocycles. The van der Waals surface area contributed by atoms with Gasteiger partial charge in [0.25, 0.3) is 0 Å². The van der Waals surface area contributed by atoms with E-state index in [0.717, 1.165) is 77.5 Å². The van der Waals surface area contributed by atoms with Crippen molar-refractivity contribution < 1.29 is 9.53 Å². The van der Waals surface area contributed by atoms with Crippen molar-refractivity contribution in [2.24, 2.45) is 0 Å². The Morgan fingerprint density at radius 3 is 2.45 bits per heavy atom. The van der Waals surface area contributed by atoms with Crippen LogP contribution in [-0.4, -0.2) is 96.2 Å². The van der Waals surface area contributed by atoms with E-state index in [9.17, 15) is 4.79 Å². The molecule has 4 aromatic rings. The van der Waals surface area contributed by atoms with Crippen molar-refractivity contribution in [2.75, 3.05) is 70.7 Å². The van der Waals surface area contributed by atoms with Gasteiger partial charge in [0.1, 0.15) is 0 Å². The van der Waals surface area contributed by atoms with Crippen LogP contribution in [0.2, 0.25) is 0 Å². The second-order valence-electron chi connectivity index (χ2n) is 11.0. The third-order valence-electron chi connectivity index (χ3n) is 7.29. The Kier molecular flexibility index (Phi) is 10.8. The molecule has 232 valence electrons. The van der Waals surface area contributed by atoms with E-state index in [0.29, 0.717) is 22.5 Å². The zero-order valence-corrected chi connectivity index (χ0v) is 27.6. The third-order valence-corrected chi connectivity index (χ3v) is 9.25. The van der Waals surface area contributed by atoms with Gasteiger partial charge in [0.15, 0.2) is 28.4 Å². The van der Waals surface area contributed by atoms with Crippen LogP contribution in [0.25, 0.3) is 0 Å². The number of methoxy groups -OCH3 is 1. The number of likely N-dealkylation sites (N-methyl/N-ethyl adjacent to an activating group) is 1. The fourth-order valence-electron chi connectivity index (χ4n) is 4.84. The normalized spacial score (nSPS) is 13.8. The second kappa shape index (κ2) is 14.9. The number of benzene rings is 2. The van der Waals surface area contributed by atoms with E-state index >= 15 is 0 Å². The van der Waals surface area contributed by atoms with Crippen LogP contribution >= 0.6 is 23.5 Å². The minimum atomic E-state index is 0.0854. The molecular weight excluding hydrogens is 593 g/mol. The zero-order valence-electron chi connectivity index (χ0n) is 26.0. The number of anilines is 3. The maximum atomic E-state index is 11.7. The Hall–Kier alpha value is -3.58. The molecule has 0 saturated carbocycles. The van der Waals surface area contributed by atoms with Crippen molar-refractivity contribution in [3.8, 4) is 5.75 Å². The third kappa shape index (κ3) is 8.53. The van der Waals surface area contributed by atoms with Crippen LogP contribution in [-0.2, 0) is 5.75 Å². The summed E-state index contributed by atoms with van der Waals surface area (Å²) in [6, 6.07) is 18.2. The monoisotopic (exact) mass is 632 g/mol. The summed E-state index contributed by atoms with van der Waals surface area (Å²) in [5, 5.41) is 11.3. The van der Waals surface area contributed by atoms with Crippen LogP contribution < -0.4 is 15.0 Å². The number of thioether (sulfide) groups is 1. The number of rotatable bonds is 13. The lowest BCUT2D eigenvalue weighted by molar-refractivity contribution is 0.101. The minimum Gasteiger partial charge on any atom is -0.490 e. The summed E-state index contributed by atoms with van der Waals surface area (Å²) in [7, 11) is 5.88. The molecule has 1 aliphatic rings. The molecular formula is C32H40N8O2S2. The van der Waals surface area contributed by atoms with Crippen molar-refractivity contribution >= 4 is 46.8 Å². The molecule has 2 N–H and O–H groups in total. The summed E-state index contributed by atoms with van der Waals surface area (Å²) in [6.45, 7) is 9.28. The molecule has 0 bridgehead atoms. The molecule has 1 fully saturated rings. The van der Waals surface area contributed by atoms with Crippen molar-refractivity contribution in [3.63, 3.8) is 0 Å². The molecule has 44 heavy (non-hydrogen) atoms. The smallest absolute Gasteiger partial charge is 0.204 e. The first-order valence-electron chi connectivity index (χ1n) is 14.6. The Labute approximate surface area is 268 Å². The Balaban J connectivity index is 1.33. The number of carbonyl (C=O) groups is 1. The number of ether oxygens (including phenoxy) is 1. The molecule has 5 rings (SSSR count). The van der Waals surface area contributed by atoms with Crippen molar-refractivity contribution in [3.05, 3.63) is 71.4 Å². The number of nitrogens with zero attached hydrogens (tertiary/aromatic N) is 6. The molecule has 2 aromatic carbocycles. The van der Waals surface area contributed by atoms with Crippen molar-refractivity contribution in [1.82, 2.24) is 30.0 Å². The molecule has 0 unspecified atom stereocenters. The lowest BCUT2D eigenvalue weighted by atomic mass is 10.1. The van der Waals surface area contributed by atoms with Gasteiger partial charge in [-0.05, 0) is 75.6 Å². The van der Waals surface area contributed by atoms with Gasteiger partial charge < -0.3 is 19.9 Å². The largest absolute Gasteiger partial charge is 0.490 e. The van der Waals surface area contributed by atoms with Gasteiger partial charge in [-0.1, -0.05) is 18.2 Å². The predicted octanol–water partition coefficient (Wildman–Crippen LogP) is 5.59. The highest BCUT2D eigenvalue weighted by atomic mass is 32.2. The number of H-pyrrole nitrogens is 1. The van der Waals surface area contributed by atoms with Gasteiger partial charge in [-0.15, -0.1) is 11.8 Å². The van der Waals surface area contributed by atoms with E-state index in [4.69, 9.17) is 14.7 Å². The van der Waals surface area contributed by atoms with Gasteiger partial charge in [0.05, 0.1) is 7.11 Å². The quantitative estimate of drug-likeness (QED) is 0.110. The number of hydrogen-bond donors (Lipinski definition) is 2. The van der Waals surface area contributed by atoms with Crippen LogP contribution in [0.15, 0.2) is 69.5 Å². The molecule has 0 radical (unpaired) electrons. The first-order valence-corrected chi connectivity index (χ1v) is 16.5. The highest BCUT2D eigenvalue weighted by Crippen LogP contribution is 2.38. The van der Waals surface area contributed by atoms with E-state index in [1.807, 2.05) is 31.2 Å². The second-order valence-corrected chi connectivity index (χ2v) is 13.1. The molecule has 1 saturated heterocycles. The number of ketones is 1. The van der Waals surface area contributed by atoms with Crippen molar-refractivity contribution in [2.45, 2.75) is 34.5 Å². The summed E-state index contributed by atoms with van der Waals surface area (Å²) >= 11 is 3.26. The molecule has 2 aromatic heterocycles. The molecule has 0 amide bonds. The topological polar surface area (TPSA) is 103 Å². The molecule has 0 spiro atoms. The van der Waals surface area contributed by atoms with Crippen LogP contribution in [0.5, 0.6) is 5.75 Å². The average molecular weight is 633 g/mol. The van der Waals surface area contributed by atoms with Gasteiger partial charge in [0.2, 0.25) is 5.75 Å². The summed E-state index contributed by atoms with van der Waals surface area (Å²) < 4.78 is 5.90. The summed E-state index contributed by atoms with van der Waals surface area (Å²) in [6.07, 6.45) is 0. The van der Waals surface area contributed by atoms with Crippen LogP contribution in [0.1, 0.15) is 28.5 Å². The molecule has 0 aliphatic carbocycles. The number of piperazine rings is 1. The Bertz CT molecular complexity index is 1550. The van der Waals surface area contributed by atoms with Crippen LogP contribution in [0.3, 0.4) is 0 Å². The summed E-state index contributed by atoms with van der Waals surface area (Å²) in [5.41, 5.74) is 2.83. The number of aromatic nitrogens is 4. The molecule has 0 atom stereocenters. The lowest BCUT2D eigenvalue weighted by Gasteiger charge is -2.36. The van der Waals surface area contributed by atoms with E-state index in [-0.39, 0.29) is 5.78 Å². The number of carbonyl (C=O) groups excluding carboxylic acids is 1. The standard InChI is InChI=1S/C32H40N8O2S2/c1-22-19-28(37-36-22)33-30-29(42-5)31(40-17-15-39(16-18-40)14-13-38(3)4)35-32(34-30)44-27-11-9-26(10-12-27)43-21-24-7-6-8-25(20-24)23(2)41/h6-12,19-20H,13-18,21H2,1-5H3,(H2,33,34,35,36,37). The van der Waals surface area contributed by atoms with Gasteiger partial charge in [0, 0.05) is 72.1 Å². The minimum absolute atomic E-state index is 0.0854. The Morgan fingerprint density at radius 1 is 1.05 bits per heavy atom. The van der Waals surface area contributed by atoms with E-state index in [2.05, 4.69) is 74.6 Å². The molecule has 1 aliphatic heterocycles. The average Bonchev–Trinajstić information content (AvgIpc) is 3.44. The number of aryl methyl sites for hydroxylation is 1. The van der Waals surface area contributed by atoms with Gasteiger partial charge in [-0.2, -0.15) is 5.10 Å². The fourth-order valence-corrected chi connectivity index (χ4v) is 6.43. The first-order chi connectivity index (χ1) is 21.3. The van der Waals surface area contributed by atoms with E-state index in [1.54, 1.807) is 25.8 Å². The van der Waals surface area contributed by atoms with Gasteiger partial charge in [-0.3, -0.25) is 14.8 Å². The number of hydrogen-bond acceptors (Lipinski definition) is 11. The predicted molar refractivity (Wildman–Crippen MR) is 179 cm³/mol. The summed E-state index contributed by atoms with van der Waals surface area (Å²) in [5.74, 6) is 3.53. The maximum absolute atomic E-state index is 11.7. The maximum Gasteiger partial charge on any atom is 0.204 e. The number of Topliss-reactive ketones (excluding diaryl/α,β-unsaturated/α-hetero) is 1. The van der Waals surface area contributed by atoms with E-state index in [1.165, 1.54) is 11.8 Å².